The molecule has 0 spiro atoms. The van der Waals surface area contributed by atoms with E-state index < -0.39 is 5.97 Å². The third-order valence-electron chi connectivity index (χ3n) is 8.49. The Labute approximate surface area is 225 Å². The predicted molar refractivity (Wildman–Crippen MR) is 143 cm³/mol. The van der Waals surface area contributed by atoms with E-state index >= 15 is 0 Å². The fraction of sp³-hybridized carbons (Fsp3) is 0.500. The molecule has 3 fully saturated rings. The summed E-state index contributed by atoms with van der Waals surface area (Å²) in [4.78, 5) is 35.0. The fourth-order valence-corrected chi connectivity index (χ4v) is 6.08. The summed E-state index contributed by atoms with van der Waals surface area (Å²) < 4.78 is 20.2. The summed E-state index contributed by atoms with van der Waals surface area (Å²) in [5, 5.41) is 15.8. The number of ether oxygens (including phenoxy) is 1. The van der Waals surface area contributed by atoms with Gasteiger partial charge in [-0.1, -0.05) is 6.42 Å². The van der Waals surface area contributed by atoms with E-state index in [4.69, 9.17) is 9.84 Å². The average molecular weight is 537 g/mol. The third-order valence-corrected chi connectivity index (χ3v) is 8.49. The fourth-order valence-electron chi connectivity index (χ4n) is 6.08. The van der Waals surface area contributed by atoms with Gasteiger partial charge in [-0.05, 0) is 56.0 Å². The molecular weight excluding hydrogens is 503 g/mol. The Morgan fingerprint density at radius 1 is 1.00 bits per heavy atom. The first-order valence-corrected chi connectivity index (χ1v) is 13.7. The van der Waals surface area contributed by atoms with E-state index in [0.29, 0.717) is 36.4 Å². The van der Waals surface area contributed by atoms with E-state index in [0.717, 1.165) is 75.1 Å². The molecule has 0 unspecified atom stereocenters. The van der Waals surface area contributed by atoms with Gasteiger partial charge in [-0.2, -0.15) is 5.10 Å². The third kappa shape index (κ3) is 4.80. The van der Waals surface area contributed by atoms with Gasteiger partial charge in [-0.15, -0.1) is 0 Å². The average Bonchev–Trinajstić information content (AvgIpc) is 3.30. The number of halogens is 1. The van der Waals surface area contributed by atoms with Gasteiger partial charge >= 0.3 is 12.1 Å². The molecule has 2 saturated heterocycles. The quantitative estimate of drug-likeness (QED) is 0.524. The van der Waals surface area contributed by atoms with Crippen LogP contribution in [0.4, 0.5) is 14.9 Å². The summed E-state index contributed by atoms with van der Waals surface area (Å²) in [5.41, 5.74) is 2.93. The van der Waals surface area contributed by atoms with Crippen LogP contribution in [0, 0.1) is 5.82 Å². The van der Waals surface area contributed by atoms with Gasteiger partial charge in [0, 0.05) is 51.2 Å². The smallest absolute Gasteiger partial charge is 0.409 e. The molecule has 2 aliphatic heterocycles. The number of piperazine rings is 1. The van der Waals surface area contributed by atoms with Crippen LogP contribution in [-0.4, -0.2) is 94.2 Å². The van der Waals surface area contributed by atoms with Crippen molar-refractivity contribution in [1.82, 2.24) is 24.6 Å². The lowest BCUT2D eigenvalue weighted by Gasteiger charge is -2.43. The van der Waals surface area contributed by atoms with Crippen LogP contribution in [0.2, 0.25) is 0 Å². The molecule has 1 aromatic carbocycles. The van der Waals surface area contributed by atoms with Crippen LogP contribution in [0.1, 0.15) is 54.2 Å². The van der Waals surface area contributed by atoms with Crippen molar-refractivity contribution in [3.63, 3.8) is 0 Å². The van der Waals surface area contributed by atoms with E-state index in [1.54, 1.807) is 27.8 Å². The molecule has 0 radical (unpaired) electrons. The molecule has 39 heavy (non-hydrogen) atoms. The molecular formula is C28H33FN6O4. The number of pyridine rings is 1. The minimum Gasteiger partial charge on any atom is -0.477 e. The second-order valence-corrected chi connectivity index (χ2v) is 10.6. The number of piperidine rings is 1. The molecule has 11 heteroatoms. The lowest BCUT2D eigenvalue weighted by Crippen LogP contribution is -2.54. The Kier molecular flexibility index (Phi) is 6.84. The van der Waals surface area contributed by atoms with Gasteiger partial charge < -0.3 is 19.6 Å². The molecule has 1 N–H and O–H groups in total. The lowest BCUT2D eigenvalue weighted by molar-refractivity contribution is 0.0685. The lowest BCUT2D eigenvalue weighted by atomic mass is 9.82. The highest BCUT2D eigenvalue weighted by Crippen LogP contribution is 2.43. The molecule has 1 saturated carbocycles. The summed E-state index contributed by atoms with van der Waals surface area (Å²) >= 11 is 0. The first-order chi connectivity index (χ1) is 18.9. The van der Waals surface area contributed by atoms with Crippen molar-refractivity contribution in [2.75, 3.05) is 51.3 Å². The number of methoxy groups -OCH3 is 1. The molecule has 6 rings (SSSR count). The highest BCUT2D eigenvalue weighted by atomic mass is 19.1. The number of anilines is 1. The van der Waals surface area contributed by atoms with Gasteiger partial charge in [0.2, 0.25) is 0 Å². The Morgan fingerprint density at radius 3 is 2.28 bits per heavy atom. The number of hydrogen-bond donors (Lipinski definition) is 1. The summed E-state index contributed by atoms with van der Waals surface area (Å²) in [6, 6.07) is 8.15. The van der Waals surface area contributed by atoms with Crippen LogP contribution >= 0.6 is 0 Å². The van der Waals surface area contributed by atoms with Gasteiger partial charge in [0.1, 0.15) is 5.82 Å². The van der Waals surface area contributed by atoms with Crippen molar-refractivity contribution in [2.45, 2.75) is 44.1 Å². The number of carboxylic acid groups (broad SMARTS) is 1. The first kappa shape index (κ1) is 25.5. The number of aromatic nitrogens is 3. The minimum atomic E-state index is -1.09. The molecule has 0 bridgehead atoms. The molecule has 0 atom stereocenters. The second kappa shape index (κ2) is 10.4. The first-order valence-electron chi connectivity index (χ1n) is 13.7. The van der Waals surface area contributed by atoms with E-state index in [1.807, 2.05) is 0 Å². The van der Waals surface area contributed by atoms with Crippen LogP contribution in [-0.2, 0) is 4.74 Å². The van der Waals surface area contributed by atoms with Crippen LogP contribution in [0.5, 0.6) is 0 Å². The van der Waals surface area contributed by atoms with Gasteiger partial charge in [0.05, 0.1) is 29.6 Å². The Bertz CT molecular complexity index is 1370. The number of nitrogens with zero attached hydrogens (tertiary/aromatic N) is 6. The van der Waals surface area contributed by atoms with E-state index in [-0.39, 0.29) is 17.6 Å². The summed E-state index contributed by atoms with van der Waals surface area (Å²) in [6.45, 7) is 4.52. The maximum absolute atomic E-state index is 13.7. The Balaban J connectivity index is 1.31. The SMILES string of the molecule is COC(=O)N1CCN(C2CCN(c3cc(C(=O)O)nc4c3c(C3CCC3)nn4-c3ccc(F)cc3)CC2)CC1. The summed E-state index contributed by atoms with van der Waals surface area (Å²) in [7, 11) is 1.41. The van der Waals surface area contributed by atoms with Crippen LogP contribution in [0.3, 0.4) is 0 Å². The normalized spacial score (nSPS) is 19.3. The van der Waals surface area contributed by atoms with Crippen molar-refractivity contribution in [3.8, 4) is 5.69 Å². The van der Waals surface area contributed by atoms with Crippen molar-refractivity contribution >= 4 is 28.8 Å². The van der Waals surface area contributed by atoms with Crippen molar-refractivity contribution in [3.05, 3.63) is 47.5 Å². The second-order valence-electron chi connectivity index (χ2n) is 10.6. The number of carbonyl (C=O) groups is 2. The Hall–Kier alpha value is -3.73. The van der Waals surface area contributed by atoms with Gasteiger partial charge in [0.15, 0.2) is 11.3 Å². The summed E-state index contributed by atoms with van der Waals surface area (Å²) in [6.07, 6.45) is 4.82. The maximum Gasteiger partial charge on any atom is 0.409 e. The molecule has 4 heterocycles. The van der Waals surface area contributed by atoms with Crippen molar-refractivity contribution in [2.24, 2.45) is 0 Å². The highest BCUT2D eigenvalue weighted by Gasteiger charge is 2.33. The van der Waals surface area contributed by atoms with Crippen molar-refractivity contribution in [1.29, 1.82) is 0 Å². The van der Waals surface area contributed by atoms with E-state index in [1.165, 1.54) is 19.2 Å². The van der Waals surface area contributed by atoms with Crippen molar-refractivity contribution < 1.29 is 23.8 Å². The summed E-state index contributed by atoms with van der Waals surface area (Å²) in [5.74, 6) is -1.13. The van der Waals surface area contributed by atoms with Gasteiger partial charge in [-0.25, -0.2) is 23.6 Å². The Morgan fingerprint density at radius 2 is 1.69 bits per heavy atom. The number of hydrogen-bond acceptors (Lipinski definition) is 7. The standard InChI is InChI=1S/C28H33FN6O4/c1-39-28(38)34-15-13-32(14-16-34)20-9-11-33(12-10-20)23-17-22(27(36)37)30-26-24(23)25(18-3-2-4-18)31-35(26)21-7-5-19(29)6-8-21/h5-8,17-18,20H,2-4,9-16H2,1H3,(H,36,37). The minimum absolute atomic E-state index is 0.0259. The molecule has 2 aromatic heterocycles. The van der Waals surface area contributed by atoms with Gasteiger partial charge in [-0.3, -0.25) is 4.90 Å². The van der Waals surface area contributed by atoms with Crippen LogP contribution in [0.25, 0.3) is 16.7 Å². The highest BCUT2D eigenvalue weighted by molar-refractivity contribution is 5.98. The molecule has 1 amide bonds. The molecule has 3 aromatic rings. The zero-order valence-corrected chi connectivity index (χ0v) is 22.1. The van der Waals surface area contributed by atoms with E-state index in [2.05, 4.69) is 14.8 Å². The zero-order valence-electron chi connectivity index (χ0n) is 22.1. The number of aromatic carboxylic acids is 1. The van der Waals surface area contributed by atoms with Crippen LogP contribution < -0.4 is 4.90 Å². The molecule has 1 aliphatic carbocycles. The topological polar surface area (TPSA) is 104 Å². The number of carbonyl (C=O) groups excluding carboxylic acids is 1. The predicted octanol–water partition coefficient (Wildman–Crippen LogP) is 3.88. The number of benzene rings is 1. The number of carboxylic acids is 1. The largest absolute Gasteiger partial charge is 0.477 e. The number of fused-ring (bicyclic) bond motifs is 1. The number of amides is 1. The van der Waals surface area contributed by atoms with Crippen LogP contribution in [0.15, 0.2) is 30.3 Å². The molecule has 206 valence electrons. The molecule has 10 nitrogen and oxygen atoms in total. The maximum atomic E-state index is 13.7. The monoisotopic (exact) mass is 536 g/mol. The molecule has 3 aliphatic rings. The van der Waals surface area contributed by atoms with Gasteiger partial charge in [0.25, 0.3) is 0 Å². The zero-order chi connectivity index (χ0) is 27.1. The van der Waals surface area contributed by atoms with E-state index in [9.17, 15) is 19.1 Å². The number of rotatable bonds is 5.